The number of hydrogen-bond acceptors (Lipinski definition) is 9. The van der Waals surface area contributed by atoms with Gasteiger partial charge in [0.05, 0.1) is 6.04 Å². The van der Waals surface area contributed by atoms with Crippen molar-refractivity contribution in [1.29, 1.82) is 0 Å². The van der Waals surface area contributed by atoms with Crippen molar-refractivity contribution >= 4 is 35.6 Å². The number of aliphatic carboxylic acids is 1. The highest BCUT2D eigenvalue weighted by Gasteiger charge is 2.61. The molecule has 2 aromatic rings. The van der Waals surface area contributed by atoms with Crippen LogP contribution in [0.5, 0.6) is 0 Å². The van der Waals surface area contributed by atoms with E-state index in [-0.39, 0.29) is 25.3 Å². The number of fused-ring (bicyclic) bond motifs is 2. The molecule has 1 aliphatic carbocycles. The van der Waals surface area contributed by atoms with Crippen molar-refractivity contribution in [3.63, 3.8) is 0 Å². The molecule has 13 nitrogen and oxygen atoms in total. The minimum atomic E-state index is -1.42. The van der Waals surface area contributed by atoms with E-state index in [0.717, 1.165) is 29.7 Å². The van der Waals surface area contributed by atoms with Crippen molar-refractivity contribution in [3.8, 4) is 11.4 Å². The number of rotatable bonds is 5. The molecule has 0 radical (unpaired) electrons. The highest BCUT2D eigenvalue weighted by atomic mass is 32.2. The number of hydrogen-bond donors (Lipinski definition) is 3. The summed E-state index contributed by atoms with van der Waals surface area (Å²) in [5.74, 6) is -2.04. The van der Waals surface area contributed by atoms with Gasteiger partial charge in [-0.05, 0) is 82.2 Å². The Labute approximate surface area is 266 Å². The molecule has 2 aliphatic heterocycles. The summed E-state index contributed by atoms with van der Waals surface area (Å²) in [5, 5.41) is 28.6. The van der Waals surface area contributed by atoms with Gasteiger partial charge in [0.15, 0.2) is 0 Å². The number of carboxylic acid groups (broad SMARTS) is 1. The Morgan fingerprint density at radius 2 is 1.91 bits per heavy atom. The molecule has 3 aliphatic rings. The van der Waals surface area contributed by atoms with Gasteiger partial charge < -0.3 is 25.4 Å². The molecular formula is C31H41N7O6S. The first-order valence-corrected chi connectivity index (χ1v) is 16.6. The summed E-state index contributed by atoms with van der Waals surface area (Å²) in [6.45, 7) is 5.30. The lowest BCUT2D eigenvalue weighted by Crippen LogP contribution is -2.56. The maximum Gasteiger partial charge on any atom is 0.408 e. The van der Waals surface area contributed by atoms with Crippen molar-refractivity contribution < 1.29 is 29.0 Å². The number of ether oxygens (including phenoxy) is 1. The van der Waals surface area contributed by atoms with Gasteiger partial charge in [-0.1, -0.05) is 25.0 Å². The lowest BCUT2D eigenvalue weighted by molar-refractivity contribution is -0.145. The Morgan fingerprint density at radius 3 is 2.60 bits per heavy atom. The molecule has 242 valence electrons. The fourth-order valence-corrected chi connectivity index (χ4v) is 6.34. The lowest BCUT2D eigenvalue weighted by Gasteiger charge is -2.30. The smallest absolute Gasteiger partial charge is 0.408 e. The van der Waals surface area contributed by atoms with E-state index in [1.54, 1.807) is 32.5 Å². The van der Waals surface area contributed by atoms with Gasteiger partial charge in [-0.2, -0.15) is 4.80 Å². The van der Waals surface area contributed by atoms with Crippen molar-refractivity contribution in [2.75, 3.05) is 12.8 Å². The third-order valence-electron chi connectivity index (χ3n) is 8.43. The Kier molecular flexibility index (Phi) is 9.52. The number of amides is 3. The van der Waals surface area contributed by atoms with E-state index >= 15 is 0 Å². The number of nitrogens with zero attached hydrogens (tertiary/aromatic N) is 5. The zero-order valence-electron chi connectivity index (χ0n) is 26.1. The predicted octanol–water partition coefficient (Wildman–Crippen LogP) is 3.58. The van der Waals surface area contributed by atoms with Crippen molar-refractivity contribution in [2.45, 2.75) is 99.9 Å². The Bertz CT molecular complexity index is 1450. The van der Waals surface area contributed by atoms with Gasteiger partial charge in [0.1, 0.15) is 23.2 Å². The Hall–Kier alpha value is -3.94. The molecule has 14 heteroatoms. The third-order valence-corrected chi connectivity index (χ3v) is 9.18. The van der Waals surface area contributed by atoms with Crippen molar-refractivity contribution in [2.24, 2.45) is 5.92 Å². The van der Waals surface area contributed by atoms with Crippen LogP contribution >= 0.6 is 11.8 Å². The number of carbonyl (C=O) groups excluding carboxylic acids is 3. The van der Waals surface area contributed by atoms with Gasteiger partial charge in [-0.25, -0.2) is 9.59 Å². The van der Waals surface area contributed by atoms with Gasteiger partial charge in [-0.15, -0.1) is 22.0 Å². The molecule has 3 amide bonds. The van der Waals surface area contributed by atoms with Gasteiger partial charge in [0, 0.05) is 29.3 Å². The molecule has 5 atom stereocenters. The standard InChI is InChI=1S/C31H41N7O6S/c1-30(2,3)44-29(43)32-23-11-9-7-5-6-8-10-20-17-31(20,28(41)42)33-26(39)24-16-21(18-37(24)27(23)40)38-35-25(34-36-38)19-12-14-22(45-4)15-13-19/h8,10,12-15,20-21,23-24H,5-7,9,11,16-18H2,1-4H3,(H,32,43)(H,33,39)(H,41,42)/t20-,21-,23+,24+,31-/m1/s1. The fourth-order valence-electron chi connectivity index (χ4n) is 5.93. The molecule has 1 aromatic carbocycles. The van der Waals surface area contributed by atoms with E-state index in [9.17, 15) is 24.3 Å². The summed E-state index contributed by atoms with van der Waals surface area (Å²) in [7, 11) is 0. The van der Waals surface area contributed by atoms with Gasteiger partial charge in [0.2, 0.25) is 17.6 Å². The molecular weight excluding hydrogens is 598 g/mol. The van der Waals surface area contributed by atoms with Crippen LogP contribution in [0.25, 0.3) is 11.4 Å². The van der Waals surface area contributed by atoms with Crippen LogP contribution in [0.4, 0.5) is 4.79 Å². The van der Waals surface area contributed by atoms with Crippen LogP contribution in [0.15, 0.2) is 41.3 Å². The highest BCUT2D eigenvalue weighted by Crippen LogP contribution is 2.45. The molecule has 1 saturated carbocycles. The number of alkyl carbamates (subject to hydrolysis) is 1. The first-order valence-electron chi connectivity index (χ1n) is 15.4. The van der Waals surface area contributed by atoms with E-state index in [1.807, 2.05) is 42.7 Å². The summed E-state index contributed by atoms with van der Waals surface area (Å²) >= 11 is 1.62. The summed E-state index contributed by atoms with van der Waals surface area (Å²) in [5.41, 5.74) is -1.41. The SMILES string of the molecule is CSc1ccc(-c2nnn([C@@H]3C[C@H]4C(=O)N[C@]5(C(=O)O)C[C@H]5C=CCCCCC[C@H](NC(=O)OC(C)(C)C)C(=O)N4C3)n2)cc1. The quantitative estimate of drug-likeness (QED) is 0.325. The molecule has 3 N–H and O–H groups in total. The number of aromatic nitrogens is 4. The molecule has 2 fully saturated rings. The maximum atomic E-state index is 14.2. The van der Waals surface area contributed by atoms with Crippen LogP contribution < -0.4 is 10.6 Å². The number of thioether (sulfide) groups is 1. The van der Waals surface area contributed by atoms with E-state index in [1.165, 1.54) is 9.70 Å². The number of allylic oxidation sites excluding steroid dienone is 1. The summed E-state index contributed by atoms with van der Waals surface area (Å²) in [4.78, 5) is 57.0. The summed E-state index contributed by atoms with van der Waals surface area (Å²) in [6.07, 6.45) is 8.96. The van der Waals surface area contributed by atoms with Crippen LogP contribution in [-0.4, -0.2) is 90.1 Å². The second-order valence-electron chi connectivity index (χ2n) is 12.9. The molecule has 0 unspecified atom stereocenters. The lowest BCUT2D eigenvalue weighted by atomic mass is 10.0. The van der Waals surface area contributed by atoms with Crippen molar-refractivity contribution in [3.05, 3.63) is 36.4 Å². The fraction of sp³-hybridized carbons (Fsp3) is 0.581. The Morgan fingerprint density at radius 1 is 1.16 bits per heavy atom. The number of benzene rings is 1. The van der Waals surface area contributed by atoms with Gasteiger partial charge >= 0.3 is 12.1 Å². The first kappa shape index (κ1) is 32.5. The molecule has 5 rings (SSSR count). The van der Waals surface area contributed by atoms with Gasteiger partial charge in [0.25, 0.3) is 0 Å². The van der Waals surface area contributed by atoms with Gasteiger partial charge in [-0.3, -0.25) is 9.59 Å². The van der Waals surface area contributed by atoms with Crippen molar-refractivity contribution in [1.82, 2.24) is 35.7 Å². The van der Waals surface area contributed by atoms with Crippen LogP contribution in [0.3, 0.4) is 0 Å². The monoisotopic (exact) mass is 639 g/mol. The van der Waals surface area contributed by atoms with Crippen LogP contribution in [0, 0.1) is 5.92 Å². The third kappa shape index (κ3) is 7.48. The average Bonchev–Trinajstić information content (AvgIpc) is 3.31. The van der Waals surface area contributed by atoms with E-state index < -0.39 is 53.1 Å². The average molecular weight is 640 g/mol. The van der Waals surface area contributed by atoms with Crippen LogP contribution in [-0.2, 0) is 19.1 Å². The minimum Gasteiger partial charge on any atom is -0.479 e. The molecule has 1 aromatic heterocycles. The minimum absolute atomic E-state index is 0.0774. The predicted molar refractivity (Wildman–Crippen MR) is 166 cm³/mol. The number of tetrazole rings is 1. The number of nitrogens with one attached hydrogen (secondary N) is 2. The molecule has 0 spiro atoms. The molecule has 1 saturated heterocycles. The second-order valence-corrected chi connectivity index (χ2v) is 13.8. The maximum absolute atomic E-state index is 14.2. The zero-order valence-corrected chi connectivity index (χ0v) is 26.9. The Balaban J connectivity index is 1.43. The van der Waals surface area contributed by atoms with Crippen LogP contribution in [0.2, 0.25) is 0 Å². The molecule has 0 bridgehead atoms. The zero-order chi connectivity index (χ0) is 32.4. The molecule has 3 heterocycles. The highest BCUT2D eigenvalue weighted by molar-refractivity contribution is 7.98. The number of carboxylic acids is 1. The van der Waals surface area contributed by atoms with E-state index in [4.69, 9.17) is 4.74 Å². The number of carbonyl (C=O) groups is 4. The first-order chi connectivity index (χ1) is 21.4. The second kappa shape index (κ2) is 13.2. The van der Waals surface area contributed by atoms with Crippen LogP contribution in [0.1, 0.15) is 71.8 Å². The largest absolute Gasteiger partial charge is 0.479 e. The van der Waals surface area contributed by atoms with E-state index in [2.05, 4.69) is 26.0 Å². The summed E-state index contributed by atoms with van der Waals surface area (Å²) < 4.78 is 5.45. The normalized spacial score (nSPS) is 27.4. The molecule has 45 heavy (non-hydrogen) atoms. The topological polar surface area (TPSA) is 169 Å². The summed E-state index contributed by atoms with van der Waals surface area (Å²) in [6, 6.07) is 5.29. The van der Waals surface area contributed by atoms with E-state index in [0.29, 0.717) is 18.7 Å².